The summed E-state index contributed by atoms with van der Waals surface area (Å²) < 4.78 is 4.51. The predicted molar refractivity (Wildman–Crippen MR) is 49.1 cm³/mol. The molecule has 0 fully saturated rings. The van der Waals surface area contributed by atoms with Crippen LogP contribution in [0.1, 0.15) is 34.1 Å². The van der Waals surface area contributed by atoms with E-state index in [0.29, 0.717) is 0 Å². The van der Waals surface area contributed by atoms with Crippen LogP contribution in [0.2, 0.25) is 0 Å². The molecule has 0 saturated heterocycles. The Bertz CT molecular complexity index is 155. The van der Waals surface area contributed by atoms with Gasteiger partial charge in [0.25, 0.3) is 0 Å². The van der Waals surface area contributed by atoms with Gasteiger partial charge in [-0.15, -0.1) is 0 Å². The summed E-state index contributed by atoms with van der Waals surface area (Å²) in [6, 6.07) is 0.134. The Morgan fingerprint density at radius 3 is 2.42 bits per heavy atom. The summed E-state index contributed by atoms with van der Waals surface area (Å²) >= 11 is 0. The molecule has 0 saturated carbocycles. The van der Waals surface area contributed by atoms with E-state index in [1.807, 2.05) is 6.92 Å². The average Bonchev–Trinajstić information content (AvgIpc) is 2.04. The molecule has 0 radical (unpaired) electrons. The van der Waals surface area contributed by atoms with E-state index < -0.39 is 0 Å². The summed E-state index contributed by atoms with van der Waals surface area (Å²) in [6.45, 7) is 8.33. The zero-order valence-electron chi connectivity index (χ0n) is 8.60. The van der Waals surface area contributed by atoms with Crippen molar-refractivity contribution in [2.75, 3.05) is 7.11 Å². The van der Waals surface area contributed by atoms with Gasteiger partial charge in [0.2, 0.25) is 0 Å². The van der Waals surface area contributed by atoms with Gasteiger partial charge in [0, 0.05) is 6.04 Å². The van der Waals surface area contributed by atoms with Gasteiger partial charge in [0.1, 0.15) is 0 Å². The Morgan fingerprint density at radius 1 is 1.58 bits per heavy atom. The molecule has 0 heterocycles. The van der Waals surface area contributed by atoms with Crippen LogP contribution in [0.4, 0.5) is 4.79 Å². The number of ether oxygens (including phenoxy) is 1. The standard InChI is InChI=1S/C9H19NO2/c1-6-9(3,4)7(2)10-8(11)12-5/h7H,6H2,1-5H3,(H,10,11). The highest BCUT2D eigenvalue weighted by molar-refractivity contribution is 5.67. The van der Waals surface area contributed by atoms with Crippen molar-refractivity contribution in [2.24, 2.45) is 5.41 Å². The zero-order chi connectivity index (χ0) is 9.78. The molecule has 1 atom stereocenters. The summed E-state index contributed by atoms with van der Waals surface area (Å²) in [5, 5.41) is 2.76. The van der Waals surface area contributed by atoms with E-state index in [-0.39, 0.29) is 17.6 Å². The molecule has 3 heteroatoms. The normalized spacial score (nSPS) is 13.8. The zero-order valence-corrected chi connectivity index (χ0v) is 8.60. The third-order valence-electron chi connectivity index (χ3n) is 2.60. The molecule has 72 valence electrons. The summed E-state index contributed by atoms with van der Waals surface area (Å²) in [5.41, 5.74) is 0.119. The number of amides is 1. The Labute approximate surface area is 74.5 Å². The number of carbonyl (C=O) groups excluding carboxylic acids is 1. The summed E-state index contributed by atoms with van der Waals surface area (Å²) in [7, 11) is 1.38. The monoisotopic (exact) mass is 173 g/mol. The first kappa shape index (κ1) is 11.3. The van der Waals surface area contributed by atoms with Crippen LogP contribution in [-0.4, -0.2) is 19.2 Å². The van der Waals surface area contributed by atoms with Crippen LogP contribution in [0.3, 0.4) is 0 Å². The Hall–Kier alpha value is -0.730. The molecule has 0 rings (SSSR count). The van der Waals surface area contributed by atoms with Gasteiger partial charge >= 0.3 is 6.09 Å². The van der Waals surface area contributed by atoms with Crippen LogP contribution in [0.5, 0.6) is 0 Å². The molecule has 1 amide bonds. The Kier molecular flexibility index (Phi) is 4.07. The largest absolute Gasteiger partial charge is 0.453 e. The molecule has 1 N–H and O–H groups in total. The molecule has 1 unspecified atom stereocenters. The lowest BCUT2D eigenvalue weighted by molar-refractivity contribution is 0.152. The summed E-state index contributed by atoms with van der Waals surface area (Å²) in [6.07, 6.45) is 0.669. The van der Waals surface area contributed by atoms with Crippen molar-refractivity contribution in [3.8, 4) is 0 Å². The molecule has 0 aromatic rings. The van der Waals surface area contributed by atoms with Crippen molar-refractivity contribution in [2.45, 2.75) is 40.2 Å². The third-order valence-corrected chi connectivity index (χ3v) is 2.60. The maximum absolute atomic E-state index is 10.9. The third kappa shape index (κ3) is 3.11. The van der Waals surface area contributed by atoms with Crippen molar-refractivity contribution in [3.05, 3.63) is 0 Å². The molecule has 0 aromatic carbocycles. The second-order valence-corrected chi connectivity index (χ2v) is 3.70. The second-order valence-electron chi connectivity index (χ2n) is 3.70. The molecule has 0 spiro atoms. The maximum Gasteiger partial charge on any atom is 0.407 e. The Morgan fingerprint density at radius 2 is 2.08 bits per heavy atom. The van der Waals surface area contributed by atoms with Gasteiger partial charge in [-0.2, -0.15) is 0 Å². The van der Waals surface area contributed by atoms with Crippen molar-refractivity contribution in [1.29, 1.82) is 0 Å². The molecule has 0 aliphatic heterocycles. The van der Waals surface area contributed by atoms with E-state index in [1.54, 1.807) is 0 Å². The summed E-state index contributed by atoms with van der Waals surface area (Å²) in [4.78, 5) is 10.9. The molecule has 0 aliphatic rings. The molecule has 0 bridgehead atoms. The van der Waals surface area contributed by atoms with Gasteiger partial charge in [-0.05, 0) is 18.8 Å². The first-order chi connectivity index (χ1) is 5.44. The lowest BCUT2D eigenvalue weighted by Crippen LogP contribution is -2.42. The Balaban J connectivity index is 4.02. The molecular weight excluding hydrogens is 154 g/mol. The average molecular weight is 173 g/mol. The number of methoxy groups -OCH3 is 1. The second kappa shape index (κ2) is 4.33. The topological polar surface area (TPSA) is 38.3 Å². The quantitative estimate of drug-likeness (QED) is 0.710. The van der Waals surface area contributed by atoms with Crippen molar-refractivity contribution in [3.63, 3.8) is 0 Å². The predicted octanol–water partition coefficient (Wildman–Crippen LogP) is 2.17. The van der Waals surface area contributed by atoms with Crippen molar-refractivity contribution >= 4 is 6.09 Å². The van der Waals surface area contributed by atoms with Crippen molar-refractivity contribution in [1.82, 2.24) is 5.32 Å². The van der Waals surface area contributed by atoms with E-state index in [0.717, 1.165) is 6.42 Å². The van der Waals surface area contributed by atoms with Crippen LogP contribution >= 0.6 is 0 Å². The van der Waals surface area contributed by atoms with Gasteiger partial charge in [-0.25, -0.2) is 4.79 Å². The fraction of sp³-hybridized carbons (Fsp3) is 0.889. The van der Waals surface area contributed by atoms with E-state index in [2.05, 4.69) is 30.8 Å². The van der Waals surface area contributed by atoms with Crippen LogP contribution in [0.15, 0.2) is 0 Å². The SMILES string of the molecule is CCC(C)(C)C(C)NC(=O)OC. The number of nitrogens with one attached hydrogen (secondary N) is 1. The summed E-state index contributed by atoms with van der Waals surface area (Å²) in [5.74, 6) is 0. The number of hydrogen-bond donors (Lipinski definition) is 1. The van der Waals surface area contributed by atoms with E-state index in [4.69, 9.17) is 0 Å². The van der Waals surface area contributed by atoms with Crippen LogP contribution < -0.4 is 5.32 Å². The van der Waals surface area contributed by atoms with Crippen molar-refractivity contribution < 1.29 is 9.53 Å². The molecule has 3 nitrogen and oxygen atoms in total. The van der Waals surface area contributed by atoms with Gasteiger partial charge in [0.15, 0.2) is 0 Å². The fourth-order valence-electron chi connectivity index (χ4n) is 0.737. The minimum atomic E-state index is -0.357. The van der Waals surface area contributed by atoms with E-state index >= 15 is 0 Å². The first-order valence-electron chi connectivity index (χ1n) is 4.28. The van der Waals surface area contributed by atoms with Crippen LogP contribution in [0.25, 0.3) is 0 Å². The molecule has 0 aromatic heterocycles. The molecule has 0 aliphatic carbocycles. The van der Waals surface area contributed by atoms with E-state index in [9.17, 15) is 4.79 Å². The minimum Gasteiger partial charge on any atom is -0.453 e. The highest BCUT2D eigenvalue weighted by atomic mass is 16.5. The number of rotatable bonds is 3. The smallest absolute Gasteiger partial charge is 0.407 e. The lowest BCUT2D eigenvalue weighted by atomic mass is 9.83. The van der Waals surface area contributed by atoms with Gasteiger partial charge in [-0.3, -0.25) is 0 Å². The van der Waals surface area contributed by atoms with E-state index in [1.165, 1.54) is 7.11 Å². The van der Waals surface area contributed by atoms with Crippen LogP contribution in [0, 0.1) is 5.41 Å². The number of carbonyl (C=O) groups is 1. The molecule has 12 heavy (non-hydrogen) atoms. The fourth-order valence-corrected chi connectivity index (χ4v) is 0.737. The first-order valence-corrected chi connectivity index (χ1v) is 4.28. The van der Waals surface area contributed by atoms with Crippen LogP contribution in [-0.2, 0) is 4.74 Å². The number of alkyl carbamates (subject to hydrolysis) is 1. The van der Waals surface area contributed by atoms with Gasteiger partial charge < -0.3 is 10.1 Å². The maximum atomic E-state index is 10.9. The highest BCUT2D eigenvalue weighted by Gasteiger charge is 2.25. The highest BCUT2D eigenvalue weighted by Crippen LogP contribution is 2.24. The minimum absolute atomic E-state index is 0.119. The van der Waals surface area contributed by atoms with Gasteiger partial charge in [-0.1, -0.05) is 20.8 Å². The van der Waals surface area contributed by atoms with Gasteiger partial charge in [0.05, 0.1) is 7.11 Å². The lowest BCUT2D eigenvalue weighted by Gasteiger charge is -2.30. The number of hydrogen-bond acceptors (Lipinski definition) is 2. The molecular formula is C9H19NO2.